The Bertz CT molecular complexity index is 352. The van der Waals surface area contributed by atoms with Gasteiger partial charge in [0.25, 0.3) is 0 Å². The summed E-state index contributed by atoms with van der Waals surface area (Å²) in [5.41, 5.74) is 0. The average Bonchev–Trinajstić information content (AvgIpc) is 2.50. The Hall–Kier alpha value is -0.610. The molecule has 0 aromatic rings. The third-order valence-electron chi connectivity index (χ3n) is 3.32. The quantitative estimate of drug-likeness (QED) is 0.212. The number of carbonyl (C=O) groups is 1. The normalized spacial score (nSPS) is 12.5. The Labute approximate surface area is 164 Å². The monoisotopic (exact) mass is 458 g/mol. The van der Waals surface area contributed by atoms with E-state index < -0.39 is 0 Å². The number of methoxy groups -OCH3 is 1. The van der Waals surface area contributed by atoms with Crippen LogP contribution >= 0.6 is 24.0 Å². The van der Waals surface area contributed by atoms with E-state index in [9.17, 15) is 4.79 Å². The number of likely N-dealkylation sites (N-methyl/N-ethyl adjacent to an activating group) is 1. The van der Waals surface area contributed by atoms with Gasteiger partial charge >= 0.3 is 0 Å². The number of rotatable bonds is 11. The van der Waals surface area contributed by atoms with Gasteiger partial charge in [-0.05, 0) is 19.3 Å². The smallest absolute Gasteiger partial charge is 0.243 e. The SMILES string of the molecule is CCOC(CCNC(=NCC(=O)N(C)C)NCCOC)C(C)C.I. The second-order valence-corrected chi connectivity index (χ2v) is 5.83. The van der Waals surface area contributed by atoms with E-state index in [1.54, 1.807) is 21.2 Å². The van der Waals surface area contributed by atoms with Gasteiger partial charge in [-0.2, -0.15) is 0 Å². The van der Waals surface area contributed by atoms with Gasteiger partial charge < -0.3 is 25.0 Å². The van der Waals surface area contributed by atoms with Crippen LogP contribution in [0.1, 0.15) is 27.2 Å². The Morgan fingerprint density at radius 3 is 2.33 bits per heavy atom. The lowest BCUT2D eigenvalue weighted by atomic mass is 10.0. The molecule has 8 heteroatoms. The molecule has 0 aromatic carbocycles. The summed E-state index contributed by atoms with van der Waals surface area (Å²) >= 11 is 0. The summed E-state index contributed by atoms with van der Waals surface area (Å²) in [6, 6.07) is 0. The number of nitrogens with zero attached hydrogens (tertiary/aromatic N) is 2. The van der Waals surface area contributed by atoms with Crippen LogP contribution in [-0.4, -0.2) is 76.9 Å². The standard InChI is InChI=1S/C16H34N4O3.HI/c1-7-23-14(13(2)3)8-9-17-16(18-10-11-22-6)19-12-15(21)20(4)5;/h13-14H,7-12H2,1-6H3,(H2,17,18,19);1H. The fraction of sp³-hybridized carbons (Fsp3) is 0.875. The van der Waals surface area contributed by atoms with Gasteiger partial charge in [0.15, 0.2) is 5.96 Å². The number of carbonyl (C=O) groups excluding carboxylic acids is 1. The summed E-state index contributed by atoms with van der Waals surface area (Å²) in [6.07, 6.45) is 1.11. The third kappa shape index (κ3) is 12.8. The molecule has 0 heterocycles. The van der Waals surface area contributed by atoms with Crippen molar-refractivity contribution in [1.29, 1.82) is 0 Å². The summed E-state index contributed by atoms with van der Waals surface area (Å²) in [6.45, 7) is 9.10. The fourth-order valence-corrected chi connectivity index (χ4v) is 1.89. The molecule has 7 nitrogen and oxygen atoms in total. The Balaban J connectivity index is 0. The average molecular weight is 458 g/mol. The molecule has 0 aliphatic heterocycles. The highest BCUT2D eigenvalue weighted by Gasteiger charge is 2.13. The summed E-state index contributed by atoms with van der Waals surface area (Å²) in [5.74, 6) is 1.05. The van der Waals surface area contributed by atoms with Crippen LogP contribution in [0, 0.1) is 5.92 Å². The van der Waals surface area contributed by atoms with Crippen LogP contribution < -0.4 is 10.6 Å². The first kappa shape index (κ1) is 25.6. The van der Waals surface area contributed by atoms with E-state index in [2.05, 4.69) is 29.5 Å². The van der Waals surface area contributed by atoms with Crippen LogP contribution in [0.5, 0.6) is 0 Å². The van der Waals surface area contributed by atoms with E-state index in [1.807, 2.05) is 6.92 Å². The first-order chi connectivity index (χ1) is 10.9. The predicted molar refractivity (Wildman–Crippen MR) is 109 cm³/mol. The first-order valence-corrected chi connectivity index (χ1v) is 8.25. The fourth-order valence-electron chi connectivity index (χ4n) is 1.89. The van der Waals surface area contributed by atoms with E-state index in [0.29, 0.717) is 31.6 Å². The van der Waals surface area contributed by atoms with E-state index in [-0.39, 0.29) is 42.5 Å². The molecule has 24 heavy (non-hydrogen) atoms. The van der Waals surface area contributed by atoms with Crippen molar-refractivity contribution in [2.45, 2.75) is 33.3 Å². The van der Waals surface area contributed by atoms with Crippen molar-refractivity contribution in [2.24, 2.45) is 10.9 Å². The molecule has 0 saturated heterocycles. The number of aliphatic imine (C=N–C) groups is 1. The number of hydrogen-bond acceptors (Lipinski definition) is 4. The zero-order valence-electron chi connectivity index (χ0n) is 15.9. The van der Waals surface area contributed by atoms with Crippen molar-refractivity contribution in [2.75, 3.05) is 54.1 Å². The molecular formula is C16H35IN4O3. The second kappa shape index (κ2) is 15.9. The number of ether oxygens (including phenoxy) is 2. The van der Waals surface area contributed by atoms with E-state index >= 15 is 0 Å². The van der Waals surface area contributed by atoms with Gasteiger partial charge in [-0.25, -0.2) is 4.99 Å². The molecule has 0 aliphatic carbocycles. The zero-order valence-corrected chi connectivity index (χ0v) is 18.3. The molecule has 0 fully saturated rings. The highest BCUT2D eigenvalue weighted by atomic mass is 127. The minimum atomic E-state index is -0.0350. The van der Waals surface area contributed by atoms with Gasteiger partial charge in [-0.15, -0.1) is 24.0 Å². The topological polar surface area (TPSA) is 75.2 Å². The van der Waals surface area contributed by atoms with E-state index in [0.717, 1.165) is 13.0 Å². The molecule has 1 amide bonds. The van der Waals surface area contributed by atoms with Gasteiger partial charge in [-0.1, -0.05) is 13.8 Å². The molecule has 0 spiro atoms. The molecule has 1 atom stereocenters. The molecule has 0 bridgehead atoms. The molecule has 0 rings (SSSR count). The molecule has 2 N–H and O–H groups in total. The van der Waals surface area contributed by atoms with Crippen molar-refractivity contribution >= 4 is 35.8 Å². The Morgan fingerprint density at radius 2 is 1.83 bits per heavy atom. The molecule has 0 aliphatic rings. The largest absolute Gasteiger partial charge is 0.383 e. The lowest BCUT2D eigenvalue weighted by Gasteiger charge is -2.21. The van der Waals surface area contributed by atoms with Crippen LogP contribution in [0.3, 0.4) is 0 Å². The zero-order chi connectivity index (χ0) is 17.7. The summed E-state index contributed by atoms with van der Waals surface area (Å²) in [5, 5.41) is 6.40. The predicted octanol–water partition coefficient (Wildman–Crippen LogP) is 1.33. The van der Waals surface area contributed by atoms with Crippen molar-refractivity contribution in [3.63, 3.8) is 0 Å². The second-order valence-electron chi connectivity index (χ2n) is 5.83. The first-order valence-electron chi connectivity index (χ1n) is 8.25. The molecule has 1 unspecified atom stereocenters. The van der Waals surface area contributed by atoms with Gasteiger partial charge in [0.1, 0.15) is 6.54 Å². The summed E-state index contributed by atoms with van der Waals surface area (Å²) in [7, 11) is 5.09. The van der Waals surface area contributed by atoms with Gasteiger partial charge in [-0.3, -0.25) is 4.79 Å². The van der Waals surface area contributed by atoms with Gasteiger partial charge in [0.2, 0.25) is 5.91 Å². The van der Waals surface area contributed by atoms with Crippen molar-refractivity contribution in [3.05, 3.63) is 0 Å². The Kier molecular flexibility index (Phi) is 17.0. The van der Waals surface area contributed by atoms with Crippen molar-refractivity contribution in [1.82, 2.24) is 15.5 Å². The third-order valence-corrected chi connectivity index (χ3v) is 3.32. The number of guanidine groups is 1. The number of nitrogens with one attached hydrogen (secondary N) is 2. The van der Waals surface area contributed by atoms with Crippen molar-refractivity contribution in [3.8, 4) is 0 Å². The van der Waals surface area contributed by atoms with Crippen molar-refractivity contribution < 1.29 is 14.3 Å². The molecule has 0 aromatic heterocycles. The lowest BCUT2D eigenvalue weighted by molar-refractivity contribution is -0.127. The summed E-state index contributed by atoms with van der Waals surface area (Å²) in [4.78, 5) is 17.5. The maximum Gasteiger partial charge on any atom is 0.243 e. The number of halogens is 1. The van der Waals surface area contributed by atoms with E-state index in [1.165, 1.54) is 4.90 Å². The minimum absolute atomic E-state index is 0. The highest BCUT2D eigenvalue weighted by molar-refractivity contribution is 14.0. The highest BCUT2D eigenvalue weighted by Crippen LogP contribution is 2.09. The van der Waals surface area contributed by atoms with Crippen LogP contribution in [0.2, 0.25) is 0 Å². The van der Waals surface area contributed by atoms with Crippen LogP contribution in [0.15, 0.2) is 4.99 Å². The van der Waals surface area contributed by atoms with Crippen LogP contribution in [0.4, 0.5) is 0 Å². The van der Waals surface area contributed by atoms with Gasteiger partial charge in [0, 0.05) is 40.9 Å². The van der Waals surface area contributed by atoms with E-state index in [4.69, 9.17) is 9.47 Å². The minimum Gasteiger partial charge on any atom is -0.383 e. The number of hydrogen-bond donors (Lipinski definition) is 2. The molecule has 0 saturated carbocycles. The van der Waals surface area contributed by atoms with Crippen LogP contribution in [0.25, 0.3) is 0 Å². The molecule has 144 valence electrons. The Morgan fingerprint density at radius 1 is 1.21 bits per heavy atom. The molecular weight excluding hydrogens is 423 g/mol. The number of amides is 1. The maximum absolute atomic E-state index is 11.7. The lowest BCUT2D eigenvalue weighted by Crippen LogP contribution is -2.41. The summed E-state index contributed by atoms with van der Waals surface area (Å²) < 4.78 is 10.8. The maximum atomic E-state index is 11.7. The van der Waals surface area contributed by atoms with Gasteiger partial charge in [0.05, 0.1) is 12.7 Å². The molecule has 0 radical (unpaired) electrons. The van der Waals surface area contributed by atoms with Crippen LogP contribution in [-0.2, 0) is 14.3 Å².